The second-order valence-electron chi connectivity index (χ2n) is 6.60. The Morgan fingerprint density at radius 2 is 1.85 bits per heavy atom. The molecule has 1 aromatic heterocycles. The third-order valence-electron chi connectivity index (χ3n) is 4.99. The third-order valence-corrected chi connectivity index (χ3v) is 6.63. The molecule has 8 heteroatoms. The number of sulfonamides is 1. The molecule has 26 heavy (non-hydrogen) atoms. The Labute approximate surface area is 153 Å². The van der Waals surface area contributed by atoms with Crippen LogP contribution in [0.25, 0.3) is 0 Å². The molecule has 1 aliphatic rings. The number of aromatic nitrogens is 1. The number of rotatable bonds is 6. The Kier molecular flexibility index (Phi) is 5.36. The van der Waals surface area contributed by atoms with Crippen LogP contribution >= 0.6 is 0 Å². The molecule has 0 unspecified atom stereocenters. The molecule has 0 aliphatic carbocycles. The lowest BCUT2D eigenvalue weighted by Crippen LogP contribution is -2.44. The van der Waals surface area contributed by atoms with E-state index in [1.54, 1.807) is 21.0 Å². The quantitative estimate of drug-likeness (QED) is 0.827. The maximum Gasteiger partial charge on any atom is 0.245 e. The fourth-order valence-electron chi connectivity index (χ4n) is 3.44. The lowest BCUT2D eigenvalue weighted by molar-refractivity contribution is 0.0517. The highest BCUT2D eigenvalue weighted by molar-refractivity contribution is 7.89. The first-order valence-electron chi connectivity index (χ1n) is 8.53. The van der Waals surface area contributed by atoms with Gasteiger partial charge in [0.2, 0.25) is 10.0 Å². The lowest BCUT2D eigenvalue weighted by Gasteiger charge is -2.38. The van der Waals surface area contributed by atoms with Crippen molar-refractivity contribution in [2.24, 2.45) is 0 Å². The average molecular weight is 380 g/mol. The van der Waals surface area contributed by atoms with Crippen LogP contribution in [0.5, 0.6) is 5.75 Å². The van der Waals surface area contributed by atoms with Gasteiger partial charge in [-0.25, -0.2) is 13.1 Å². The fourth-order valence-corrected chi connectivity index (χ4v) is 4.89. The first-order valence-corrected chi connectivity index (χ1v) is 10.0. The molecular formula is C18H24N2O5S. The van der Waals surface area contributed by atoms with Crippen LogP contribution in [-0.4, -0.2) is 40.4 Å². The Bertz CT molecular complexity index is 833. The van der Waals surface area contributed by atoms with E-state index in [2.05, 4.69) is 9.88 Å². The number of nitrogens with zero attached hydrogens (tertiary/aromatic N) is 1. The fraction of sp³-hybridized carbons (Fsp3) is 0.500. The number of aryl methyl sites for hydroxylation is 2. The number of benzene rings is 1. The summed E-state index contributed by atoms with van der Waals surface area (Å²) >= 11 is 0. The highest BCUT2D eigenvalue weighted by Crippen LogP contribution is 2.35. The van der Waals surface area contributed by atoms with Crippen molar-refractivity contribution in [2.75, 3.05) is 26.9 Å². The summed E-state index contributed by atoms with van der Waals surface area (Å²) in [5, 5.41) is 3.74. The van der Waals surface area contributed by atoms with Gasteiger partial charge in [0.15, 0.2) is 5.76 Å². The molecule has 0 spiro atoms. The van der Waals surface area contributed by atoms with Crippen LogP contribution in [0.4, 0.5) is 0 Å². The van der Waals surface area contributed by atoms with Gasteiger partial charge >= 0.3 is 0 Å². The summed E-state index contributed by atoms with van der Waals surface area (Å²) in [7, 11) is -2.09. The van der Waals surface area contributed by atoms with Crippen molar-refractivity contribution < 1.29 is 22.4 Å². The van der Waals surface area contributed by atoms with Gasteiger partial charge in [-0.3, -0.25) is 0 Å². The SMILES string of the molecule is COc1ccc(C2(CNS(=O)(=O)c3c(C)noc3C)CCOCC2)cc1. The zero-order valence-corrected chi connectivity index (χ0v) is 16.1. The van der Waals surface area contributed by atoms with E-state index in [0.29, 0.717) is 24.7 Å². The monoisotopic (exact) mass is 380 g/mol. The van der Waals surface area contributed by atoms with Crippen LogP contribution in [0.15, 0.2) is 33.7 Å². The molecule has 1 aromatic carbocycles. The average Bonchev–Trinajstić information content (AvgIpc) is 3.00. The maximum absolute atomic E-state index is 12.8. The zero-order valence-electron chi connectivity index (χ0n) is 15.2. The van der Waals surface area contributed by atoms with Crippen LogP contribution in [0.1, 0.15) is 29.9 Å². The van der Waals surface area contributed by atoms with E-state index in [-0.39, 0.29) is 16.9 Å². The summed E-state index contributed by atoms with van der Waals surface area (Å²) < 4.78 is 44.1. The zero-order chi connectivity index (χ0) is 18.8. The summed E-state index contributed by atoms with van der Waals surface area (Å²) in [6, 6.07) is 7.79. The van der Waals surface area contributed by atoms with E-state index in [1.165, 1.54) is 0 Å². The predicted molar refractivity (Wildman–Crippen MR) is 95.9 cm³/mol. The summed E-state index contributed by atoms with van der Waals surface area (Å²) in [4.78, 5) is 0.120. The number of methoxy groups -OCH3 is 1. The molecule has 0 bridgehead atoms. The highest BCUT2D eigenvalue weighted by Gasteiger charge is 2.36. The molecule has 142 valence electrons. The van der Waals surface area contributed by atoms with Crippen molar-refractivity contribution in [1.82, 2.24) is 9.88 Å². The summed E-state index contributed by atoms with van der Waals surface area (Å²) in [6.45, 7) is 4.70. The predicted octanol–water partition coefficient (Wildman–Crippen LogP) is 2.33. The van der Waals surface area contributed by atoms with Crippen LogP contribution in [0, 0.1) is 13.8 Å². The van der Waals surface area contributed by atoms with Crippen molar-refractivity contribution in [3.05, 3.63) is 41.3 Å². The minimum absolute atomic E-state index is 0.120. The van der Waals surface area contributed by atoms with Gasteiger partial charge in [-0.2, -0.15) is 0 Å². The standard InChI is InChI=1S/C18H24N2O5S/c1-13-17(14(2)25-20-13)26(21,22)19-12-18(8-10-24-11-9-18)15-4-6-16(23-3)7-5-15/h4-7,19H,8-12H2,1-3H3. The summed E-state index contributed by atoms with van der Waals surface area (Å²) in [5.74, 6) is 1.06. The summed E-state index contributed by atoms with van der Waals surface area (Å²) in [5.41, 5.74) is 1.11. The molecule has 0 radical (unpaired) electrons. The van der Waals surface area contributed by atoms with Gasteiger partial charge in [0, 0.05) is 25.2 Å². The van der Waals surface area contributed by atoms with Crippen LogP contribution in [0.2, 0.25) is 0 Å². The van der Waals surface area contributed by atoms with E-state index in [9.17, 15) is 8.42 Å². The van der Waals surface area contributed by atoms with Crippen molar-refractivity contribution >= 4 is 10.0 Å². The lowest BCUT2D eigenvalue weighted by atomic mass is 9.74. The summed E-state index contributed by atoms with van der Waals surface area (Å²) in [6.07, 6.45) is 1.48. The van der Waals surface area contributed by atoms with Gasteiger partial charge in [-0.15, -0.1) is 0 Å². The largest absolute Gasteiger partial charge is 0.497 e. The van der Waals surface area contributed by atoms with Gasteiger partial charge in [-0.1, -0.05) is 17.3 Å². The number of hydrogen-bond donors (Lipinski definition) is 1. The van der Waals surface area contributed by atoms with E-state index < -0.39 is 10.0 Å². The normalized spacial score (nSPS) is 17.2. The van der Waals surface area contributed by atoms with E-state index in [0.717, 1.165) is 24.2 Å². The molecular weight excluding hydrogens is 356 g/mol. The van der Waals surface area contributed by atoms with Crippen molar-refractivity contribution in [3.8, 4) is 5.75 Å². The van der Waals surface area contributed by atoms with E-state index in [4.69, 9.17) is 14.0 Å². The van der Waals surface area contributed by atoms with Gasteiger partial charge in [0.1, 0.15) is 16.3 Å². The first-order chi connectivity index (χ1) is 12.4. The van der Waals surface area contributed by atoms with Crippen molar-refractivity contribution in [2.45, 2.75) is 37.0 Å². The molecule has 1 fully saturated rings. The molecule has 2 aromatic rings. The Morgan fingerprint density at radius 1 is 1.19 bits per heavy atom. The highest BCUT2D eigenvalue weighted by atomic mass is 32.2. The molecule has 0 atom stereocenters. The van der Waals surface area contributed by atoms with Gasteiger partial charge < -0.3 is 14.0 Å². The van der Waals surface area contributed by atoms with Crippen LogP contribution in [0.3, 0.4) is 0 Å². The third kappa shape index (κ3) is 3.62. The Morgan fingerprint density at radius 3 is 2.38 bits per heavy atom. The van der Waals surface area contributed by atoms with Crippen LogP contribution < -0.4 is 9.46 Å². The number of nitrogens with one attached hydrogen (secondary N) is 1. The molecule has 0 amide bonds. The van der Waals surface area contributed by atoms with Crippen molar-refractivity contribution in [1.29, 1.82) is 0 Å². The minimum Gasteiger partial charge on any atom is -0.497 e. The Hall–Kier alpha value is -1.90. The molecule has 1 N–H and O–H groups in total. The molecule has 1 aliphatic heterocycles. The first kappa shape index (κ1) is 18.9. The minimum atomic E-state index is -3.71. The van der Waals surface area contributed by atoms with Crippen LogP contribution in [-0.2, 0) is 20.2 Å². The van der Waals surface area contributed by atoms with Crippen molar-refractivity contribution in [3.63, 3.8) is 0 Å². The maximum atomic E-state index is 12.8. The Balaban J connectivity index is 1.87. The molecule has 2 heterocycles. The second-order valence-corrected chi connectivity index (χ2v) is 8.30. The second kappa shape index (κ2) is 7.38. The van der Waals surface area contributed by atoms with E-state index >= 15 is 0 Å². The molecule has 1 saturated heterocycles. The topological polar surface area (TPSA) is 90.7 Å². The van der Waals surface area contributed by atoms with Gasteiger partial charge in [-0.05, 0) is 44.4 Å². The molecule has 7 nitrogen and oxygen atoms in total. The number of hydrogen-bond acceptors (Lipinski definition) is 6. The number of ether oxygens (including phenoxy) is 2. The molecule has 0 saturated carbocycles. The molecule has 3 rings (SSSR count). The van der Waals surface area contributed by atoms with Gasteiger partial charge in [0.25, 0.3) is 0 Å². The van der Waals surface area contributed by atoms with E-state index in [1.807, 2.05) is 24.3 Å². The van der Waals surface area contributed by atoms with Gasteiger partial charge in [0.05, 0.1) is 7.11 Å². The smallest absolute Gasteiger partial charge is 0.245 e.